The van der Waals surface area contributed by atoms with E-state index >= 15 is 0 Å². The summed E-state index contributed by atoms with van der Waals surface area (Å²) < 4.78 is 0. The summed E-state index contributed by atoms with van der Waals surface area (Å²) in [5, 5.41) is 33.1. The summed E-state index contributed by atoms with van der Waals surface area (Å²) in [6.45, 7) is 0.935. The molecule has 13 nitrogen and oxygen atoms in total. The van der Waals surface area contributed by atoms with E-state index in [9.17, 15) is 29.4 Å². The molecular formula is C19H21N7O6-2. The molecule has 7 N–H and O–H groups in total. The van der Waals surface area contributed by atoms with Crippen LogP contribution in [0.1, 0.15) is 23.2 Å². The molecule has 0 fully saturated rings. The zero-order chi connectivity index (χ0) is 23.3. The zero-order valence-electron chi connectivity index (χ0n) is 16.8. The Bertz CT molecular complexity index is 1070. The minimum absolute atomic E-state index is 0.0218. The highest BCUT2D eigenvalue weighted by molar-refractivity contribution is 5.96. The molecule has 0 aliphatic carbocycles. The van der Waals surface area contributed by atoms with Gasteiger partial charge in [-0.15, -0.1) is 0 Å². The van der Waals surface area contributed by atoms with E-state index in [-0.39, 0.29) is 29.5 Å². The summed E-state index contributed by atoms with van der Waals surface area (Å²) >= 11 is 0. The van der Waals surface area contributed by atoms with Crippen molar-refractivity contribution in [2.75, 3.05) is 34.8 Å². The van der Waals surface area contributed by atoms with Gasteiger partial charge in [-0.2, -0.15) is 4.98 Å². The van der Waals surface area contributed by atoms with Gasteiger partial charge in [-0.3, -0.25) is 14.6 Å². The van der Waals surface area contributed by atoms with Gasteiger partial charge in [0, 0.05) is 30.3 Å². The number of carboxylic acid groups (broad SMARTS) is 2. The van der Waals surface area contributed by atoms with Crippen LogP contribution < -0.4 is 42.8 Å². The predicted octanol–water partition coefficient (Wildman–Crippen LogP) is -2.95. The van der Waals surface area contributed by atoms with Gasteiger partial charge in [-0.05, 0) is 37.1 Å². The first-order valence-corrected chi connectivity index (χ1v) is 9.68. The van der Waals surface area contributed by atoms with Gasteiger partial charge in [-0.25, -0.2) is 0 Å². The molecule has 170 valence electrons. The highest BCUT2D eigenvalue weighted by atomic mass is 16.4. The fourth-order valence-electron chi connectivity index (χ4n) is 3.08. The second kappa shape index (κ2) is 9.68. The summed E-state index contributed by atoms with van der Waals surface area (Å²) in [5.74, 6) is -3.27. The maximum absolute atomic E-state index is 12.2. The van der Waals surface area contributed by atoms with Crippen molar-refractivity contribution in [3.63, 3.8) is 0 Å². The smallest absolute Gasteiger partial charge is 0.277 e. The summed E-state index contributed by atoms with van der Waals surface area (Å²) in [7, 11) is 0. The second-order valence-electron chi connectivity index (χ2n) is 7.11. The molecule has 2 atom stereocenters. The van der Waals surface area contributed by atoms with Crippen LogP contribution in [0.5, 0.6) is 0 Å². The first-order chi connectivity index (χ1) is 15.2. The Kier molecular flexibility index (Phi) is 6.77. The van der Waals surface area contributed by atoms with Gasteiger partial charge in [-0.1, -0.05) is 0 Å². The highest BCUT2D eigenvalue weighted by Crippen LogP contribution is 2.20. The first-order valence-electron chi connectivity index (χ1n) is 9.68. The predicted molar refractivity (Wildman–Crippen MR) is 111 cm³/mol. The number of anilines is 4. The molecule has 0 spiro atoms. The Morgan fingerprint density at radius 1 is 1.22 bits per heavy atom. The number of H-pyrrole nitrogens is 1. The number of aliphatic carboxylic acids is 2. The summed E-state index contributed by atoms with van der Waals surface area (Å²) in [6, 6.07) is 4.65. The number of rotatable bonds is 9. The number of amides is 1. The van der Waals surface area contributed by atoms with Crippen molar-refractivity contribution in [3.8, 4) is 0 Å². The van der Waals surface area contributed by atoms with Gasteiger partial charge in [0.05, 0.1) is 18.1 Å². The van der Waals surface area contributed by atoms with E-state index < -0.39 is 30.3 Å². The Labute approximate surface area is 181 Å². The van der Waals surface area contributed by atoms with Crippen LogP contribution in [0.15, 0.2) is 29.1 Å². The molecule has 1 aliphatic heterocycles. The lowest BCUT2D eigenvalue weighted by molar-refractivity contribution is -0.309. The lowest BCUT2D eigenvalue weighted by atomic mass is 10.1. The van der Waals surface area contributed by atoms with E-state index in [1.807, 2.05) is 0 Å². The molecule has 2 heterocycles. The Balaban J connectivity index is 1.54. The number of carboxylic acids is 2. The van der Waals surface area contributed by atoms with Crippen molar-refractivity contribution in [2.24, 2.45) is 0 Å². The molecule has 13 heteroatoms. The van der Waals surface area contributed by atoms with Crippen molar-refractivity contribution in [2.45, 2.75) is 24.9 Å². The average Bonchev–Trinajstić information content (AvgIpc) is 2.75. The van der Waals surface area contributed by atoms with Crippen LogP contribution in [-0.2, 0) is 9.59 Å². The van der Waals surface area contributed by atoms with Gasteiger partial charge in [0.2, 0.25) is 5.95 Å². The number of nitrogens with one attached hydrogen (secondary N) is 5. The Morgan fingerprint density at radius 2 is 1.94 bits per heavy atom. The van der Waals surface area contributed by atoms with Crippen LogP contribution in [0, 0.1) is 0 Å². The van der Waals surface area contributed by atoms with Crippen LogP contribution in [0.25, 0.3) is 0 Å². The van der Waals surface area contributed by atoms with Crippen LogP contribution in [0.3, 0.4) is 0 Å². The van der Waals surface area contributed by atoms with Gasteiger partial charge in [0.1, 0.15) is 5.69 Å². The average molecular weight is 443 g/mol. The van der Waals surface area contributed by atoms with E-state index in [1.54, 1.807) is 12.1 Å². The minimum Gasteiger partial charge on any atom is -0.550 e. The molecule has 0 saturated carbocycles. The van der Waals surface area contributed by atoms with Crippen LogP contribution >= 0.6 is 0 Å². The molecule has 1 aromatic carbocycles. The topological polar surface area (TPSA) is 217 Å². The number of hydrogen-bond acceptors (Lipinski definition) is 11. The molecule has 32 heavy (non-hydrogen) atoms. The third kappa shape index (κ3) is 5.65. The maximum atomic E-state index is 12.2. The maximum Gasteiger partial charge on any atom is 0.277 e. The largest absolute Gasteiger partial charge is 0.550 e. The molecule has 3 rings (SSSR count). The molecule has 1 unspecified atom stereocenters. The number of nitrogens with two attached hydrogens (primary N) is 1. The molecule has 1 aliphatic rings. The molecule has 1 amide bonds. The number of carbonyl (C=O) groups is 3. The van der Waals surface area contributed by atoms with E-state index in [2.05, 4.69) is 31.2 Å². The third-order valence-corrected chi connectivity index (χ3v) is 4.73. The summed E-state index contributed by atoms with van der Waals surface area (Å²) in [4.78, 5) is 52.3. The second-order valence-corrected chi connectivity index (χ2v) is 7.11. The van der Waals surface area contributed by atoms with Gasteiger partial charge in [0.25, 0.3) is 11.5 Å². The lowest BCUT2D eigenvalue weighted by Gasteiger charge is -2.27. The van der Waals surface area contributed by atoms with Crippen molar-refractivity contribution in [3.05, 3.63) is 40.2 Å². The number of nitrogen functional groups attached to an aromatic ring is 1. The fourth-order valence-corrected chi connectivity index (χ4v) is 3.08. The van der Waals surface area contributed by atoms with Gasteiger partial charge >= 0.3 is 0 Å². The zero-order valence-corrected chi connectivity index (χ0v) is 16.8. The van der Waals surface area contributed by atoms with Crippen molar-refractivity contribution in [1.29, 1.82) is 0 Å². The molecule has 0 radical (unpaired) electrons. The van der Waals surface area contributed by atoms with E-state index in [0.717, 1.165) is 0 Å². The number of aromatic amines is 1. The Hall–Kier alpha value is -4.29. The van der Waals surface area contributed by atoms with E-state index in [4.69, 9.17) is 5.73 Å². The summed E-state index contributed by atoms with van der Waals surface area (Å²) in [6.07, 6.45) is -0.863. The molecular weight excluding hydrogens is 422 g/mol. The number of nitrogens with zero attached hydrogens (tertiary/aromatic N) is 1. The minimum atomic E-state index is -1.58. The van der Waals surface area contributed by atoms with Gasteiger partial charge in [0.15, 0.2) is 5.82 Å². The van der Waals surface area contributed by atoms with Crippen LogP contribution in [-0.4, -0.2) is 53.0 Å². The normalized spacial score (nSPS) is 15.4. The quantitative estimate of drug-likeness (QED) is 0.230. The van der Waals surface area contributed by atoms with E-state index in [1.165, 1.54) is 12.1 Å². The number of benzene rings is 1. The van der Waals surface area contributed by atoms with Crippen molar-refractivity contribution in [1.82, 2.24) is 15.3 Å². The highest BCUT2D eigenvalue weighted by Gasteiger charge is 2.21. The monoisotopic (exact) mass is 443 g/mol. The van der Waals surface area contributed by atoms with E-state index in [0.29, 0.717) is 30.3 Å². The van der Waals surface area contributed by atoms with Gasteiger partial charge < -0.3 is 46.8 Å². The molecule has 0 bridgehead atoms. The van der Waals surface area contributed by atoms with Crippen LogP contribution in [0.4, 0.5) is 23.1 Å². The Morgan fingerprint density at radius 3 is 2.59 bits per heavy atom. The number of hydrogen-bond donors (Lipinski definition) is 6. The van der Waals surface area contributed by atoms with Crippen LogP contribution in [0.2, 0.25) is 0 Å². The first kappa shape index (κ1) is 22.4. The number of fused-ring (bicyclic) bond motifs is 1. The molecule has 0 saturated heterocycles. The molecule has 2 aromatic rings. The molecule has 1 aromatic heterocycles. The van der Waals surface area contributed by atoms with Crippen molar-refractivity contribution >= 4 is 41.0 Å². The standard InChI is InChI=1S/C19H23N7O6/c20-19-25-15-14(17(30)26-19)23-11(8-22-15)7-21-10-3-1-9(2-4-10)16(29)24-12(18(31)32)5-6-13(27)28/h1-4,11-12,21,23H,5-8H2,(H,24,29)(H,27,28)(H,31,32)(H4,20,22,25,26,30)/p-2/t11-,12?/m0/s1. The number of aromatic nitrogens is 2. The third-order valence-electron chi connectivity index (χ3n) is 4.73. The fraction of sp³-hybridized carbons (Fsp3) is 0.316. The number of carbonyl (C=O) groups excluding carboxylic acids is 3. The SMILES string of the molecule is Nc1nc2c(c(=O)[nH]1)N[C@@H](CNc1ccc(C(=O)NC(CCC(=O)[O-])C(=O)[O-])cc1)CN2. The lowest BCUT2D eigenvalue weighted by Crippen LogP contribution is -2.48. The van der Waals surface area contributed by atoms with Crippen molar-refractivity contribution < 1.29 is 24.6 Å². The summed E-state index contributed by atoms with van der Waals surface area (Å²) in [5.41, 5.74) is 6.32.